The second-order valence-electron chi connectivity index (χ2n) is 7.46. The van der Waals surface area contributed by atoms with Gasteiger partial charge >= 0.3 is 0 Å². The maximum absolute atomic E-state index is 13.5. The molecular weight excluding hydrogens is 314 g/mol. The molecule has 0 bridgehead atoms. The number of amides is 1. The summed E-state index contributed by atoms with van der Waals surface area (Å²) in [5.41, 5.74) is 3.27. The highest BCUT2D eigenvalue weighted by atomic mass is 16.2. The first-order valence-corrected chi connectivity index (χ1v) is 9.15. The Labute approximate surface area is 149 Å². The Balaban J connectivity index is 2.02. The lowest BCUT2D eigenvalue weighted by atomic mass is 10.1. The van der Waals surface area contributed by atoms with Crippen LogP contribution in [0.4, 0.5) is 0 Å². The quantitative estimate of drug-likeness (QED) is 0.837. The minimum Gasteiger partial charge on any atom is -0.334 e. The predicted molar refractivity (Wildman–Crippen MR) is 99.8 cm³/mol. The van der Waals surface area contributed by atoms with Crippen molar-refractivity contribution in [3.8, 4) is 0 Å². The maximum Gasteiger partial charge on any atom is 0.255 e. The van der Waals surface area contributed by atoms with Gasteiger partial charge in [0.15, 0.2) is 5.65 Å². The van der Waals surface area contributed by atoms with E-state index in [-0.39, 0.29) is 5.91 Å². The molecule has 6 nitrogen and oxygen atoms in total. The Morgan fingerprint density at radius 2 is 1.92 bits per heavy atom. The van der Waals surface area contributed by atoms with Crippen molar-refractivity contribution in [3.05, 3.63) is 23.0 Å². The number of carbonyl (C=O) groups is 1. The van der Waals surface area contributed by atoms with Crippen molar-refractivity contribution in [2.24, 2.45) is 7.05 Å². The van der Waals surface area contributed by atoms with E-state index in [1.54, 1.807) is 4.68 Å². The van der Waals surface area contributed by atoms with Crippen LogP contribution in [0.1, 0.15) is 47.4 Å². The number of aromatic nitrogens is 3. The first-order valence-electron chi connectivity index (χ1n) is 9.15. The molecule has 0 aromatic carbocycles. The van der Waals surface area contributed by atoms with Crippen LogP contribution in [-0.2, 0) is 7.05 Å². The Hall–Kier alpha value is -1.95. The fourth-order valence-electron chi connectivity index (χ4n) is 3.87. The third-order valence-electron chi connectivity index (χ3n) is 5.14. The Morgan fingerprint density at radius 3 is 2.56 bits per heavy atom. The molecule has 0 atom stereocenters. The lowest BCUT2D eigenvalue weighted by Gasteiger charge is -2.30. The standard InChI is InChI=1S/C19H29N5O/c1-13-12-16(17-14(2)21-23(5)18(17)20-13)19(25)24(11-10-22(3)4)15-8-6-7-9-15/h12,15H,6-11H2,1-5H3. The van der Waals surface area contributed by atoms with Crippen LogP contribution in [0.5, 0.6) is 0 Å². The van der Waals surface area contributed by atoms with Crippen LogP contribution in [-0.4, -0.2) is 63.7 Å². The molecule has 6 heteroatoms. The molecule has 2 aromatic rings. The smallest absolute Gasteiger partial charge is 0.255 e. The van der Waals surface area contributed by atoms with E-state index in [4.69, 9.17) is 0 Å². The molecule has 1 aliphatic carbocycles. The van der Waals surface area contributed by atoms with E-state index in [9.17, 15) is 4.79 Å². The topological polar surface area (TPSA) is 54.3 Å². The van der Waals surface area contributed by atoms with Gasteiger partial charge in [-0.3, -0.25) is 9.48 Å². The average molecular weight is 343 g/mol. The van der Waals surface area contributed by atoms with E-state index in [0.29, 0.717) is 6.04 Å². The number of likely N-dealkylation sites (N-methyl/N-ethyl adjacent to an activating group) is 1. The van der Waals surface area contributed by atoms with Gasteiger partial charge in [-0.1, -0.05) is 12.8 Å². The number of hydrogen-bond acceptors (Lipinski definition) is 4. The summed E-state index contributed by atoms with van der Waals surface area (Å²) in [7, 11) is 5.99. The molecule has 25 heavy (non-hydrogen) atoms. The summed E-state index contributed by atoms with van der Waals surface area (Å²) in [5.74, 6) is 0.125. The van der Waals surface area contributed by atoms with Gasteiger partial charge < -0.3 is 9.80 Å². The molecule has 1 saturated carbocycles. The molecule has 0 spiro atoms. The predicted octanol–water partition coefficient (Wildman–Crippen LogP) is 2.53. The Morgan fingerprint density at radius 1 is 1.24 bits per heavy atom. The van der Waals surface area contributed by atoms with Crippen LogP contribution >= 0.6 is 0 Å². The van der Waals surface area contributed by atoms with Gasteiger partial charge in [-0.2, -0.15) is 5.10 Å². The van der Waals surface area contributed by atoms with E-state index in [1.165, 1.54) is 12.8 Å². The lowest BCUT2D eigenvalue weighted by molar-refractivity contribution is 0.0669. The molecule has 2 heterocycles. The summed E-state index contributed by atoms with van der Waals surface area (Å²) < 4.78 is 1.77. The van der Waals surface area contributed by atoms with Crippen LogP contribution in [0.2, 0.25) is 0 Å². The van der Waals surface area contributed by atoms with Crippen LogP contribution < -0.4 is 0 Å². The highest BCUT2D eigenvalue weighted by molar-refractivity contribution is 6.06. The van der Waals surface area contributed by atoms with E-state index in [2.05, 4.69) is 34.0 Å². The molecule has 1 amide bonds. The van der Waals surface area contributed by atoms with Gasteiger partial charge in [-0.05, 0) is 46.9 Å². The minimum absolute atomic E-state index is 0.125. The second-order valence-corrected chi connectivity index (χ2v) is 7.46. The van der Waals surface area contributed by atoms with Crippen molar-refractivity contribution >= 4 is 16.9 Å². The number of nitrogens with zero attached hydrogens (tertiary/aromatic N) is 5. The lowest BCUT2D eigenvalue weighted by Crippen LogP contribution is -2.42. The van der Waals surface area contributed by atoms with Gasteiger partial charge in [0, 0.05) is 31.9 Å². The normalized spacial score (nSPS) is 15.4. The number of rotatable bonds is 5. The van der Waals surface area contributed by atoms with E-state index in [1.807, 2.05) is 27.0 Å². The summed E-state index contributed by atoms with van der Waals surface area (Å²) in [6.07, 6.45) is 4.65. The summed E-state index contributed by atoms with van der Waals surface area (Å²) in [5, 5.41) is 5.38. The highest BCUT2D eigenvalue weighted by Crippen LogP contribution is 2.28. The fourth-order valence-corrected chi connectivity index (χ4v) is 3.87. The number of carbonyl (C=O) groups excluding carboxylic acids is 1. The number of fused-ring (bicyclic) bond motifs is 1. The summed E-state index contributed by atoms with van der Waals surface area (Å²) in [6, 6.07) is 2.28. The first kappa shape index (κ1) is 17.9. The zero-order chi connectivity index (χ0) is 18.1. The van der Waals surface area contributed by atoms with E-state index >= 15 is 0 Å². The van der Waals surface area contributed by atoms with Crippen molar-refractivity contribution in [1.82, 2.24) is 24.6 Å². The molecule has 3 rings (SSSR count). The summed E-state index contributed by atoms with van der Waals surface area (Å²) in [6.45, 7) is 5.54. The van der Waals surface area contributed by atoms with Crippen LogP contribution in [0.15, 0.2) is 6.07 Å². The van der Waals surface area contributed by atoms with Crippen molar-refractivity contribution in [3.63, 3.8) is 0 Å². The van der Waals surface area contributed by atoms with Crippen LogP contribution in [0.3, 0.4) is 0 Å². The first-order chi connectivity index (χ1) is 11.9. The highest BCUT2D eigenvalue weighted by Gasteiger charge is 2.29. The van der Waals surface area contributed by atoms with Crippen molar-refractivity contribution in [2.75, 3.05) is 27.2 Å². The zero-order valence-electron chi connectivity index (χ0n) is 16.0. The van der Waals surface area contributed by atoms with Gasteiger partial charge in [-0.25, -0.2) is 4.98 Å². The van der Waals surface area contributed by atoms with E-state index < -0.39 is 0 Å². The van der Waals surface area contributed by atoms with Gasteiger partial charge in [0.2, 0.25) is 0 Å². The molecule has 136 valence electrons. The van der Waals surface area contributed by atoms with Gasteiger partial charge in [-0.15, -0.1) is 0 Å². The van der Waals surface area contributed by atoms with Gasteiger partial charge in [0.1, 0.15) is 0 Å². The van der Waals surface area contributed by atoms with Gasteiger partial charge in [0.25, 0.3) is 5.91 Å². The molecule has 0 saturated heterocycles. The molecule has 1 fully saturated rings. The number of pyridine rings is 1. The summed E-state index contributed by atoms with van der Waals surface area (Å²) in [4.78, 5) is 22.3. The third-order valence-corrected chi connectivity index (χ3v) is 5.14. The fraction of sp³-hybridized carbons (Fsp3) is 0.632. The molecule has 0 radical (unpaired) electrons. The molecular formula is C19H29N5O. The summed E-state index contributed by atoms with van der Waals surface area (Å²) >= 11 is 0. The molecule has 1 aliphatic rings. The van der Waals surface area contributed by atoms with Crippen LogP contribution in [0.25, 0.3) is 11.0 Å². The molecule has 0 aliphatic heterocycles. The van der Waals surface area contributed by atoms with Crippen molar-refractivity contribution in [1.29, 1.82) is 0 Å². The van der Waals surface area contributed by atoms with E-state index in [0.717, 1.165) is 53.9 Å². The second kappa shape index (κ2) is 7.12. The zero-order valence-corrected chi connectivity index (χ0v) is 16.0. The average Bonchev–Trinajstić information content (AvgIpc) is 3.16. The number of aryl methyl sites for hydroxylation is 3. The minimum atomic E-state index is 0.125. The molecule has 2 aromatic heterocycles. The van der Waals surface area contributed by atoms with Crippen molar-refractivity contribution in [2.45, 2.75) is 45.6 Å². The Kier molecular flexibility index (Phi) is 5.08. The largest absolute Gasteiger partial charge is 0.334 e. The number of hydrogen-bond donors (Lipinski definition) is 0. The SMILES string of the molecule is Cc1cc(C(=O)N(CCN(C)C)C2CCCC2)c2c(C)nn(C)c2n1. The van der Waals surface area contributed by atoms with Crippen LogP contribution in [0, 0.1) is 13.8 Å². The molecule has 0 unspecified atom stereocenters. The van der Waals surface area contributed by atoms with Gasteiger partial charge in [0.05, 0.1) is 16.6 Å². The Bertz CT molecular complexity index is 774. The maximum atomic E-state index is 13.5. The molecule has 0 N–H and O–H groups in total. The third kappa shape index (κ3) is 3.54. The monoisotopic (exact) mass is 343 g/mol. The van der Waals surface area contributed by atoms with Crippen molar-refractivity contribution < 1.29 is 4.79 Å².